The van der Waals surface area contributed by atoms with Gasteiger partial charge in [-0.3, -0.25) is 4.79 Å². The molecule has 2 aromatic heterocycles. The molecular weight excluding hydrogens is 430 g/mol. The summed E-state index contributed by atoms with van der Waals surface area (Å²) in [7, 11) is 1.64. The first-order valence-electron chi connectivity index (χ1n) is 10.6. The zero-order valence-electron chi connectivity index (χ0n) is 17.8. The van der Waals surface area contributed by atoms with Crippen LogP contribution in [-0.4, -0.2) is 49.3 Å². The Hall–Kier alpha value is -3.09. The number of hydrogen-bond donors (Lipinski definition) is 1. The highest BCUT2D eigenvalue weighted by Crippen LogP contribution is 2.38. The lowest BCUT2D eigenvalue weighted by molar-refractivity contribution is -0.111. The fourth-order valence-corrected chi connectivity index (χ4v) is 5.48. The number of rotatable bonds is 6. The van der Waals surface area contributed by atoms with Crippen molar-refractivity contribution in [3.05, 3.63) is 46.2 Å². The monoisotopic (exact) mass is 455 g/mol. The molecule has 4 rings (SSSR count). The number of methoxy groups -OCH3 is 1. The van der Waals surface area contributed by atoms with Crippen LogP contribution in [0.2, 0.25) is 0 Å². The summed E-state index contributed by atoms with van der Waals surface area (Å²) >= 11 is 1.37. The Kier molecular flexibility index (Phi) is 6.93. The zero-order chi connectivity index (χ0) is 22.5. The van der Waals surface area contributed by atoms with Gasteiger partial charge in [-0.15, -0.1) is 11.3 Å². The predicted molar refractivity (Wildman–Crippen MR) is 119 cm³/mol. The first-order valence-corrected chi connectivity index (χ1v) is 11.4. The number of thiophene rings is 1. The highest BCUT2D eigenvalue weighted by atomic mass is 32.1. The Bertz CT molecular complexity index is 1040. The van der Waals surface area contributed by atoms with Crippen LogP contribution in [0.3, 0.4) is 0 Å². The highest BCUT2D eigenvalue weighted by Gasteiger charge is 2.33. The summed E-state index contributed by atoms with van der Waals surface area (Å²) < 4.78 is 16.2. The van der Waals surface area contributed by atoms with Gasteiger partial charge in [-0.05, 0) is 49.5 Å². The van der Waals surface area contributed by atoms with Crippen molar-refractivity contribution in [3.63, 3.8) is 0 Å². The van der Waals surface area contributed by atoms with Crippen molar-refractivity contribution < 1.29 is 23.5 Å². The van der Waals surface area contributed by atoms with E-state index in [9.17, 15) is 14.9 Å². The molecule has 1 N–H and O–H groups in total. The molecule has 2 amide bonds. The molecule has 32 heavy (non-hydrogen) atoms. The molecule has 9 heteroatoms. The van der Waals surface area contributed by atoms with Crippen LogP contribution in [0.4, 0.5) is 9.80 Å². The van der Waals surface area contributed by atoms with Crippen LogP contribution in [-0.2, 0) is 27.1 Å². The molecule has 2 atom stereocenters. The minimum atomic E-state index is -0.335. The van der Waals surface area contributed by atoms with Gasteiger partial charge in [0, 0.05) is 31.0 Å². The molecule has 1 fully saturated rings. The SMILES string of the molecule is COCC1CCCN1C(=O)OC1CCc2c(sc(NC(=O)C=Cc3ccco3)c2C#N)C1. The second kappa shape index (κ2) is 10.0. The molecule has 0 saturated carbocycles. The van der Waals surface area contributed by atoms with E-state index in [0.29, 0.717) is 48.7 Å². The van der Waals surface area contributed by atoms with Gasteiger partial charge in [0.05, 0.1) is 24.5 Å². The molecule has 1 aliphatic heterocycles. The second-order valence-corrected chi connectivity index (χ2v) is 8.96. The summed E-state index contributed by atoms with van der Waals surface area (Å²) in [5, 5.41) is 13.0. The van der Waals surface area contributed by atoms with Crippen LogP contribution in [0, 0.1) is 11.3 Å². The highest BCUT2D eigenvalue weighted by molar-refractivity contribution is 7.16. The van der Waals surface area contributed by atoms with Crippen LogP contribution in [0.15, 0.2) is 28.9 Å². The average molecular weight is 456 g/mol. The molecule has 3 heterocycles. The molecule has 0 spiro atoms. The third-order valence-electron chi connectivity index (χ3n) is 5.75. The summed E-state index contributed by atoms with van der Waals surface area (Å²) in [4.78, 5) is 27.7. The van der Waals surface area contributed by atoms with E-state index < -0.39 is 0 Å². The van der Waals surface area contributed by atoms with Gasteiger partial charge in [0.15, 0.2) is 0 Å². The summed E-state index contributed by atoms with van der Waals surface area (Å²) in [5.74, 6) is 0.235. The van der Waals surface area contributed by atoms with Crippen molar-refractivity contribution in [2.75, 3.05) is 25.6 Å². The maximum atomic E-state index is 12.7. The number of furan rings is 1. The maximum Gasteiger partial charge on any atom is 0.410 e. The topological polar surface area (TPSA) is 105 Å². The van der Waals surface area contributed by atoms with Gasteiger partial charge < -0.3 is 24.1 Å². The van der Waals surface area contributed by atoms with E-state index in [4.69, 9.17) is 13.9 Å². The van der Waals surface area contributed by atoms with Gasteiger partial charge in [-0.2, -0.15) is 5.26 Å². The standard InChI is InChI=1S/C23H25N3O5S/c1-29-14-15-4-2-10-26(15)23(28)31-17-6-8-18-19(13-24)22(32-20(18)12-17)25-21(27)9-7-16-5-3-11-30-16/h3,5,7,9,11,15,17H,2,4,6,8,10,12,14H2,1H3,(H,25,27). The normalized spacial score (nSPS) is 20.2. The van der Waals surface area contributed by atoms with E-state index in [0.717, 1.165) is 23.3 Å². The third kappa shape index (κ3) is 4.87. The number of nitrogens with zero attached hydrogens (tertiary/aromatic N) is 2. The first-order chi connectivity index (χ1) is 15.6. The van der Waals surface area contributed by atoms with Crippen molar-refractivity contribution in [1.29, 1.82) is 5.26 Å². The number of anilines is 1. The number of carbonyl (C=O) groups excluding carboxylic acids is 2. The molecule has 2 aliphatic rings. The molecule has 0 radical (unpaired) electrons. The summed E-state index contributed by atoms with van der Waals surface area (Å²) in [6.45, 7) is 1.20. The van der Waals surface area contributed by atoms with Crippen molar-refractivity contribution in [2.24, 2.45) is 0 Å². The average Bonchev–Trinajstić information content (AvgIpc) is 3.52. The smallest absolute Gasteiger partial charge is 0.410 e. The van der Waals surface area contributed by atoms with Crippen molar-refractivity contribution in [3.8, 4) is 6.07 Å². The number of carbonyl (C=O) groups is 2. The summed E-state index contributed by atoms with van der Waals surface area (Å²) in [6.07, 6.45) is 7.63. The maximum absolute atomic E-state index is 12.7. The molecule has 2 unspecified atom stereocenters. The lowest BCUT2D eigenvalue weighted by atomic mass is 9.94. The minimum absolute atomic E-state index is 0.0645. The fraction of sp³-hybridized carbons (Fsp3) is 0.435. The number of nitrogens with one attached hydrogen (secondary N) is 1. The van der Waals surface area contributed by atoms with Crippen LogP contribution in [0.1, 0.15) is 41.0 Å². The van der Waals surface area contributed by atoms with Gasteiger partial charge in [0.1, 0.15) is 22.9 Å². The second-order valence-electron chi connectivity index (χ2n) is 7.85. The van der Waals surface area contributed by atoms with Gasteiger partial charge in [0.2, 0.25) is 5.91 Å². The Morgan fingerprint density at radius 3 is 3.06 bits per heavy atom. The Morgan fingerprint density at radius 1 is 1.44 bits per heavy atom. The number of fused-ring (bicyclic) bond motifs is 1. The van der Waals surface area contributed by atoms with Gasteiger partial charge in [-0.25, -0.2) is 4.79 Å². The molecule has 1 saturated heterocycles. The number of likely N-dealkylation sites (tertiary alicyclic amines) is 1. The third-order valence-corrected chi connectivity index (χ3v) is 6.92. The Labute approximate surface area is 190 Å². The van der Waals surface area contributed by atoms with Crippen molar-refractivity contribution in [2.45, 2.75) is 44.2 Å². The van der Waals surface area contributed by atoms with Crippen LogP contribution in [0.5, 0.6) is 0 Å². The number of ether oxygens (including phenoxy) is 2. The van der Waals surface area contributed by atoms with Gasteiger partial charge >= 0.3 is 6.09 Å². The largest absolute Gasteiger partial charge is 0.465 e. The molecule has 0 bridgehead atoms. The van der Waals surface area contributed by atoms with E-state index in [2.05, 4.69) is 11.4 Å². The van der Waals surface area contributed by atoms with Gasteiger partial charge in [0.25, 0.3) is 0 Å². The molecule has 2 aromatic rings. The number of hydrogen-bond acceptors (Lipinski definition) is 7. The Balaban J connectivity index is 1.40. The zero-order valence-corrected chi connectivity index (χ0v) is 18.7. The lowest BCUT2D eigenvalue weighted by Gasteiger charge is -2.28. The molecule has 8 nitrogen and oxygen atoms in total. The van der Waals surface area contributed by atoms with Crippen LogP contribution in [0.25, 0.3) is 6.08 Å². The summed E-state index contributed by atoms with van der Waals surface area (Å²) in [5.41, 5.74) is 1.43. The van der Waals surface area contributed by atoms with E-state index in [1.165, 1.54) is 23.7 Å². The molecule has 1 aliphatic carbocycles. The van der Waals surface area contributed by atoms with Crippen molar-refractivity contribution in [1.82, 2.24) is 4.90 Å². The lowest BCUT2D eigenvalue weighted by Crippen LogP contribution is -2.40. The first kappa shape index (κ1) is 22.1. The summed E-state index contributed by atoms with van der Waals surface area (Å²) in [6, 6.07) is 5.77. The van der Waals surface area contributed by atoms with E-state index >= 15 is 0 Å². The van der Waals surface area contributed by atoms with E-state index in [1.807, 2.05) is 0 Å². The quantitative estimate of drug-likeness (QED) is 0.661. The Morgan fingerprint density at radius 2 is 2.31 bits per heavy atom. The van der Waals surface area contributed by atoms with Gasteiger partial charge in [-0.1, -0.05) is 0 Å². The van der Waals surface area contributed by atoms with E-state index in [1.54, 1.807) is 30.2 Å². The predicted octanol–water partition coefficient (Wildman–Crippen LogP) is 3.97. The molecule has 0 aromatic carbocycles. The number of amides is 2. The van der Waals surface area contributed by atoms with E-state index in [-0.39, 0.29) is 24.1 Å². The minimum Gasteiger partial charge on any atom is -0.465 e. The molecule has 168 valence electrons. The van der Waals surface area contributed by atoms with Crippen LogP contribution >= 0.6 is 11.3 Å². The number of nitriles is 1. The fourth-order valence-electron chi connectivity index (χ4n) is 4.21. The van der Waals surface area contributed by atoms with Crippen LogP contribution < -0.4 is 5.32 Å². The van der Waals surface area contributed by atoms with Crippen molar-refractivity contribution >= 4 is 34.4 Å². The molecular formula is C23H25N3O5S.